The molecular formula is C13H27NO2. The summed E-state index contributed by atoms with van der Waals surface area (Å²) in [5.41, 5.74) is 0.406. The van der Waals surface area contributed by atoms with E-state index in [1.165, 1.54) is 12.8 Å². The van der Waals surface area contributed by atoms with E-state index >= 15 is 0 Å². The van der Waals surface area contributed by atoms with Crippen LogP contribution >= 0.6 is 0 Å². The molecule has 1 N–H and O–H groups in total. The van der Waals surface area contributed by atoms with Gasteiger partial charge in [0, 0.05) is 33.5 Å². The topological polar surface area (TPSA) is 30.5 Å². The summed E-state index contributed by atoms with van der Waals surface area (Å²) in [5, 5.41) is 3.59. The van der Waals surface area contributed by atoms with Crippen LogP contribution in [0.4, 0.5) is 0 Å². The van der Waals surface area contributed by atoms with Crippen LogP contribution in [0, 0.1) is 11.3 Å². The molecule has 1 rings (SSSR count). The van der Waals surface area contributed by atoms with Gasteiger partial charge in [-0.3, -0.25) is 0 Å². The molecule has 1 aliphatic rings. The van der Waals surface area contributed by atoms with Gasteiger partial charge in [-0.1, -0.05) is 13.8 Å². The summed E-state index contributed by atoms with van der Waals surface area (Å²) in [6.07, 6.45) is 3.49. The summed E-state index contributed by atoms with van der Waals surface area (Å²) in [7, 11) is 1.79. The minimum Gasteiger partial charge on any atom is -0.385 e. The number of hydrogen-bond donors (Lipinski definition) is 1. The van der Waals surface area contributed by atoms with Gasteiger partial charge in [-0.25, -0.2) is 0 Å². The maximum atomic E-state index is 5.46. The number of ether oxygens (including phenoxy) is 2. The van der Waals surface area contributed by atoms with Crippen LogP contribution in [0.1, 0.15) is 33.1 Å². The molecule has 0 saturated carbocycles. The molecule has 96 valence electrons. The Kier molecular flexibility index (Phi) is 6.32. The van der Waals surface area contributed by atoms with Crippen molar-refractivity contribution in [3.8, 4) is 0 Å². The lowest BCUT2D eigenvalue weighted by Crippen LogP contribution is -2.41. The second-order valence-corrected chi connectivity index (χ2v) is 5.38. The third kappa shape index (κ3) is 4.81. The van der Waals surface area contributed by atoms with Crippen molar-refractivity contribution in [2.24, 2.45) is 11.3 Å². The average Bonchev–Trinajstić information content (AvgIpc) is 2.27. The highest BCUT2D eigenvalue weighted by atomic mass is 16.5. The van der Waals surface area contributed by atoms with Crippen molar-refractivity contribution in [2.45, 2.75) is 33.1 Å². The van der Waals surface area contributed by atoms with Crippen molar-refractivity contribution in [3.05, 3.63) is 0 Å². The van der Waals surface area contributed by atoms with E-state index in [0.717, 1.165) is 45.2 Å². The van der Waals surface area contributed by atoms with Crippen LogP contribution in [-0.4, -0.2) is 40.0 Å². The highest BCUT2D eigenvalue weighted by Crippen LogP contribution is 2.33. The first-order valence-electron chi connectivity index (χ1n) is 6.46. The standard InChI is InChI=1S/C13H27NO2/c1-12(2)10-14-11-13(4-7-15-3)5-8-16-9-6-13/h12,14H,4-11H2,1-3H3. The molecule has 0 aromatic rings. The second kappa shape index (κ2) is 7.25. The zero-order chi connectivity index (χ0) is 11.9. The maximum absolute atomic E-state index is 5.46. The molecule has 3 heteroatoms. The molecule has 1 fully saturated rings. The molecule has 0 unspecified atom stereocenters. The molecule has 16 heavy (non-hydrogen) atoms. The van der Waals surface area contributed by atoms with E-state index in [4.69, 9.17) is 9.47 Å². The van der Waals surface area contributed by atoms with Gasteiger partial charge in [-0.15, -0.1) is 0 Å². The Morgan fingerprint density at radius 2 is 2.00 bits per heavy atom. The van der Waals surface area contributed by atoms with Gasteiger partial charge < -0.3 is 14.8 Å². The number of hydrogen-bond acceptors (Lipinski definition) is 3. The fourth-order valence-electron chi connectivity index (χ4n) is 2.26. The lowest BCUT2D eigenvalue weighted by molar-refractivity contribution is -0.00153. The van der Waals surface area contributed by atoms with E-state index in [9.17, 15) is 0 Å². The molecule has 0 atom stereocenters. The molecular weight excluding hydrogens is 202 g/mol. The van der Waals surface area contributed by atoms with Crippen molar-refractivity contribution in [1.29, 1.82) is 0 Å². The second-order valence-electron chi connectivity index (χ2n) is 5.38. The normalized spacial score (nSPS) is 20.2. The predicted octanol–water partition coefficient (Wildman–Crippen LogP) is 2.07. The molecule has 1 heterocycles. The number of methoxy groups -OCH3 is 1. The first-order valence-corrected chi connectivity index (χ1v) is 6.46. The maximum Gasteiger partial charge on any atom is 0.0471 e. The number of nitrogens with one attached hydrogen (secondary N) is 1. The van der Waals surface area contributed by atoms with Gasteiger partial charge >= 0.3 is 0 Å². The predicted molar refractivity (Wildman–Crippen MR) is 66.7 cm³/mol. The molecule has 1 saturated heterocycles. The zero-order valence-corrected chi connectivity index (χ0v) is 11.1. The molecule has 0 radical (unpaired) electrons. The molecule has 0 spiro atoms. The van der Waals surface area contributed by atoms with Crippen molar-refractivity contribution >= 4 is 0 Å². The lowest BCUT2D eigenvalue weighted by Gasteiger charge is -2.37. The summed E-state index contributed by atoms with van der Waals surface area (Å²) < 4.78 is 10.7. The van der Waals surface area contributed by atoms with Crippen LogP contribution in [0.2, 0.25) is 0 Å². The van der Waals surface area contributed by atoms with Crippen LogP contribution in [0.15, 0.2) is 0 Å². The largest absolute Gasteiger partial charge is 0.385 e. The van der Waals surface area contributed by atoms with Crippen molar-refractivity contribution < 1.29 is 9.47 Å². The summed E-state index contributed by atoms with van der Waals surface area (Å²) in [5.74, 6) is 0.722. The van der Waals surface area contributed by atoms with Crippen LogP contribution in [-0.2, 0) is 9.47 Å². The smallest absolute Gasteiger partial charge is 0.0471 e. The van der Waals surface area contributed by atoms with E-state index in [-0.39, 0.29) is 0 Å². The third-order valence-corrected chi connectivity index (χ3v) is 3.44. The van der Waals surface area contributed by atoms with Crippen LogP contribution < -0.4 is 5.32 Å². The van der Waals surface area contributed by atoms with E-state index in [1.807, 2.05) is 0 Å². The molecule has 0 aromatic heterocycles. The van der Waals surface area contributed by atoms with E-state index < -0.39 is 0 Å². The van der Waals surface area contributed by atoms with E-state index in [0.29, 0.717) is 5.41 Å². The summed E-state index contributed by atoms with van der Waals surface area (Å²) in [6, 6.07) is 0. The Hall–Kier alpha value is -0.120. The lowest BCUT2D eigenvalue weighted by atomic mass is 9.77. The van der Waals surface area contributed by atoms with E-state index in [1.54, 1.807) is 7.11 Å². The fourth-order valence-corrected chi connectivity index (χ4v) is 2.26. The summed E-state index contributed by atoms with van der Waals surface area (Å²) in [4.78, 5) is 0. The Labute approximate surface area is 99.9 Å². The first kappa shape index (κ1) is 13.9. The molecule has 0 aromatic carbocycles. The van der Waals surface area contributed by atoms with Gasteiger partial charge in [-0.2, -0.15) is 0 Å². The van der Waals surface area contributed by atoms with Gasteiger partial charge in [0.15, 0.2) is 0 Å². The Bertz CT molecular complexity index is 177. The van der Waals surface area contributed by atoms with Crippen LogP contribution in [0.25, 0.3) is 0 Å². The average molecular weight is 229 g/mol. The van der Waals surface area contributed by atoms with Crippen molar-refractivity contribution in [2.75, 3.05) is 40.0 Å². The molecule has 0 aliphatic carbocycles. The van der Waals surface area contributed by atoms with Crippen LogP contribution in [0.3, 0.4) is 0 Å². The Morgan fingerprint density at radius 1 is 1.31 bits per heavy atom. The highest BCUT2D eigenvalue weighted by Gasteiger charge is 2.31. The third-order valence-electron chi connectivity index (χ3n) is 3.44. The monoisotopic (exact) mass is 229 g/mol. The van der Waals surface area contributed by atoms with Gasteiger partial charge in [0.2, 0.25) is 0 Å². The quantitative estimate of drug-likeness (QED) is 0.725. The minimum absolute atomic E-state index is 0.406. The minimum atomic E-state index is 0.406. The first-order chi connectivity index (χ1) is 7.68. The SMILES string of the molecule is COCCC1(CNCC(C)C)CCOCC1. The summed E-state index contributed by atoms with van der Waals surface area (Å²) in [6.45, 7) is 9.40. The number of rotatable bonds is 7. The Morgan fingerprint density at radius 3 is 2.56 bits per heavy atom. The molecule has 1 aliphatic heterocycles. The van der Waals surface area contributed by atoms with Crippen LogP contribution in [0.5, 0.6) is 0 Å². The molecule has 3 nitrogen and oxygen atoms in total. The molecule has 0 bridgehead atoms. The fraction of sp³-hybridized carbons (Fsp3) is 1.00. The summed E-state index contributed by atoms with van der Waals surface area (Å²) >= 11 is 0. The van der Waals surface area contributed by atoms with E-state index in [2.05, 4.69) is 19.2 Å². The highest BCUT2D eigenvalue weighted by molar-refractivity contribution is 4.84. The van der Waals surface area contributed by atoms with Gasteiger partial charge in [0.05, 0.1) is 0 Å². The van der Waals surface area contributed by atoms with Crippen molar-refractivity contribution in [1.82, 2.24) is 5.32 Å². The Balaban J connectivity index is 2.36. The van der Waals surface area contributed by atoms with Gasteiger partial charge in [0.25, 0.3) is 0 Å². The molecule has 0 amide bonds. The van der Waals surface area contributed by atoms with Crippen molar-refractivity contribution in [3.63, 3.8) is 0 Å². The van der Waals surface area contributed by atoms with Gasteiger partial charge in [-0.05, 0) is 37.1 Å². The zero-order valence-electron chi connectivity index (χ0n) is 11.1. The van der Waals surface area contributed by atoms with Gasteiger partial charge in [0.1, 0.15) is 0 Å².